The Kier molecular flexibility index (Phi) is 3.68. The van der Waals surface area contributed by atoms with Crippen molar-refractivity contribution in [3.8, 4) is 0 Å². The van der Waals surface area contributed by atoms with E-state index in [0.29, 0.717) is 18.4 Å². The van der Waals surface area contributed by atoms with Gasteiger partial charge in [0.25, 0.3) is 0 Å². The summed E-state index contributed by atoms with van der Waals surface area (Å²) < 4.78 is 0. The highest BCUT2D eigenvalue weighted by molar-refractivity contribution is 5.93. The molecule has 78 valence electrons. The molecule has 0 aliphatic heterocycles. The molecule has 1 rings (SSSR count). The van der Waals surface area contributed by atoms with Gasteiger partial charge < -0.3 is 11.1 Å². The maximum Gasteiger partial charge on any atom is 0.246 e. The molecule has 1 aliphatic rings. The molecule has 0 radical (unpaired) electrons. The molecule has 0 aromatic heterocycles. The molecule has 0 fully saturated rings. The fourth-order valence-corrected chi connectivity index (χ4v) is 1.57. The van der Waals surface area contributed by atoms with Gasteiger partial charge in [0, 0.05) is 17.7 Å². The first kappa shape index (κ1) is 10.8. The molecule has 0 bridgehead atoms. The van der Waals surface area contributed by atoms with E-state index < -0.39 is 5.91 Å². The number of carbonyl (C=O) groups is 2. The molecule has 14 heavy (non-hydrogen) atoms. The van der Waals surface area contributed by atoms with E-state index in [4.69, 9.17) is 5.73 Å². The number of primary amides is 1. The average molecular weight is 196 g/mol. The molecule has 4 heteroatoms. The van der Waals surface area contributed by atoms with Crippen molar-refractivity contribution in [3.63, 3.8) is 0 Å². The quantitative estimate of drug-likeness (QED) is 0.701. The minimum atomic E-state index is -0.406. The molecule has 0 aromatic carbocycles. The topological polar surface area (TPSA) is 72.2 Å². The van der Waals surface area contributed by atoms with Crippen molar-refractivity contribution in [1.82, 2.24) is 5.32 Å². The predicted octanol–water partition coefficient (Wildman–Crippen LogP) is 0.826. The lowest BCUT2D eigenvalue weighted by Gasteiger charge is -2.18. The van der Waals surface area contributed by atoms with Crippen LogP contribution in [0.4, 0.5) is 0 Å². The summed E-state index contributed by atoms with van der Waals surface area (Å²) in [5.41, 5.74) is 6.55. The summed E-state index contributed by atoms with van der Waals surface area (Å²) in [5, 5.41) is 2.74. The van der Waals surface area contributed by atoms with Crippen molar-refractivity contribution in [2.75, 3.05) is 0 Å². The van der Waals surface area contributed by atoms with Crippen LogP contribution in [-0.4, -0.2) is 11.8 Å². The molecule has 0 saturated heterocycles. The number of amides is 2. The van der Waals surface area contributed by atoms with E-state index in [9.17, 15) is 9.59 Å². The molecule has 0 aromatic rings. The van der Waals surface area contributed by atoms with Gasteiger partial charge in [-0.15, -0.1) is 0 Å². The Balaban J connectivity index is 2.78. The first-order valence-corrected chi connectivity index (χ1v) is 4.96. The van der Waals surface area contributed by atoms with E-state index in [-0.39, 0.29) is 5.91 Å². The van der Waals surface area contributed by atoms with Gasteiger partial charge in [0.2, 0.25) is 11.8 Å². The number of nitrogens with one attached hydrogen (secondary N) is 1. The fourth-order valence-electron chi connectivity index (χ4n) is 1.57. The Hall–Kier alpha value is -1.32. The van der Waals surface area contributed by atoms with Gasteiger partial charge in [0.1, 0.15) is 0 Å². The molecular formula is C10H16N2O2. The zero-order valence-corrected chi connectivity index (χ0v) is 8.43. The zero-order chi connectivity index (χ0) is 10.6. The Morgan fingerprint density at radius 2 is 2.00 bits per heavy atom. The van der Waals surface area contributed by atoms with Crippen LogP contribution in [0, 0.1) is 0 Å². The summed E-state index contributed by atoms with van der Waals surface area (Å²) in [5.74, 6) is -0.461. The normalized spacial score (nSPS) is 16.6. The van der Waals surface area contributed by atoms with Gasteiger partial charge in [-0.3, -0.25) is 9.59 Å². The number of hydrogen-bond acceptors (Lipinski definition) is 2. The molecule has 0 saturated carbocycles. The maximum absolute atomic E-state index is 11.2. The third-order valence-electron chi connectivity index (χ3n) is 2.38. The third kappa shape index (κ3) is 2.58. The second-order valence-electron chi connectivity index (χ2n) is 3.43. The van der Waals surface area contributed by atoms with Crippen LogP contribution in [0.3, 0.4) is 0 Å². The summed E-state index contributed by atoms with van der Waals surface area (Å²) in [6, 6.07) is 0. The second kappa shape index (κ2) is 4.79. The van der Waals surface area contributed by atoms with Gasteiger partial charge in [-0.05, 0) is 25.7 Å². The van der Waals surface area contributed by atoms with Crippen LogP contribution in [0.15, 0.2) is 11.3 Å². The van der Waals surface area contributed by atoms with Crippen LogP contribution in [0.5, 0.6) is 0 Å². The molecular weight excluding hydrogens is 180 g/mol. The molecule has 0 heterocycles. The number of carbonyl (C=O) groups excluding carboxylic acids is 2. The number of rotatable bonds is 3. The van der Waals surface area contributed by atoms with Crippen LogP contribution in [0.2, 0.25) is 0 Å². The second-order valence-corrected chi connectivity index (χ2v) is 3.43. The lowest BCUT2D eigenvalue weighted by Crippen LogP contribution is -2.28. The fraction of sp³-hybridized carbons (Fsp3) is 0.600. The highest BCUT2D eigenvalue weighted by Crippen LogP contribution is 2.22. The molecule has 0 spiro atoms. The van der Waals surface area contributed by atoms with Gasteiger partial charge >= 0.3 is 0 Å². The summed E-state index contributed by atoms with van der Waals surface area (Å²) in [7, 11) is 0. The number of nitrogens with two attached hydrogens (primary N) is 1. The van der Waals surface area contributed by atoms with E-state index in [1.807, 2.05) is 0 Å². The minimum Gasteiger partial charge on any atom is -0.366 e. The van der Waals surface area contributed by atoms with Gasteiger partial charge in [0.15, 0.2) is 0 Å². The van der Waals surface area contributed by atoms with Crippen molar-refractivity contribution in [1.29, 1.82) is 0 Å². The van der Waals surface area contributed by atoms with E-state index in [0.717, 1.165) is 25.0 Å². The first-order valence-electron chi connectivity index (χ1n) is 4.96. The van der Waals surface area contributed by atoms with Gasteiger partial charge in [0.05, 0.1) is 0 Å². The van der Waals surface area contributed by atoms with Crippen LogP contribution in [0.1, 0.15) is 39.0 Å². The molecule has 2 amide bonds. The van der Waals surface area contributed by atoms with Crippen molar-refractivity contribution >= 4 is 11.8 Å². The van der Waals surface area contributed by atoms with E-state index in [2.05, 4.69) is 5.32 Å². The maximum atomic E-state index is 11.2. The average Bonchev–Trinajstić information content (AvgIpc) is 2.18. The summed E-state index contributed by atoms with van der Waals surface area (Å²) in [6.45, 7) is 1.78. The Morgan fingerprint density at radius 1 is 1.36 bits per heavy atom. The highest BCUT2D eigenvalue weighted by atomic mass is 16.2. The first-order chi connectivity index (χ1) is 6.65. The largest absolute Gasteiger partial charge is 0.366 e. The van der Waals surface area contributed by atoms with Crippen LogP contribution in [-0.2, 0) is 9.59 Å². The lowest BCUT2D eigenvalue weighted by molar-refractivity contribution is -0.120. The van der Waals surface area contributed by atoms with Crippen LogP contribution in [0.25, 0.3) is 0 Å². The zero-order valence-electron chi connectivity index (χ0n) is 8.43. The van der Waals surface area contributed by atoms with Gasteiger partial charge in [-0.25, -0.2) is 0 Å². The van der Waals surface area contributed by atoms with E-state index in [1.165, 1.54) is 0 Å². The summed E-state index contributed by atoms with van der Waals surface area (Å²) in [4.78, 5) is 22.2. The van der Waals surface area contributed by atoms with Crippen molar-refractivity contribution in [2.45, 2.75) is 39.0 Å². The third-order valence-corrected chi connectivity index (χ3v) is 2.38. The molecule has 1 aliphatic carbocycles. The Bertz CT molecular complexity index is 282. The van der Waals surface area contributed by atoms with Crippen LogP contribution < -0.4 is 11.1 Å². The highest BCUT2D eigenvalue weighted by Gasteiger charge is 2.17. The van der Waals surface area contributed by atoms with E-state index in [1.54, 1.807) is 6.92 Å². The summed E-state index contributed by atoms with van der Waals surface area (Å²) in [6.07, 6.45) is 3.86. The smallest absolute Gasteiger partial charge is 0.246 e. The molecule has 4 nitrogen and oxygen atoms in total. The molecule has 0 unspecified atom stereocenters. The summed E-state index contributed by atoms with van der Waals surface area (Å²) >= 11 is 0. The van der Waals surface area contributed by atoms with Gasteiger partial charge in [-0.2, -0.15) is 0 Å². The van der Waals surface area contributed by atoms with Crippen molar-refractivity contribution in [2.24, 2.45) is 5.73 Å². The van der Waals surface area contributed by atoms with Crippen molar-refractivity contribution < 1.29 is 9.59 Å². The monoisotopic (exact) mass is 196 g/mol. The van der Waals surface area contributed by atoms with Gasteiger partial charge in [-0.1, -0.05) is 6.92 Å². The number of hydrogen-bond donors (Lipinski definition) is 2. The SMILES string of the molecule is CCC(=O)NC1=C(C(N)=O)CCCC1. The lowest BCUT2D eigenvalue weighted by atomic mass is 9.95. The molecule has 3 N–H and O–H groups in total. The van der Waals surface area contributed by atoms with Crippen LogP contribution >= 0.6 is 0 Å². The Morgan fingerprint density at radius 3 is 2.57 bits per heavy atom. The number of allylic oxidation sites excluding steroid dienone is 1. The standard InChI is InChI=1S/C10H16N2O2/c1-2-9(13)12-8-6-4-3-5-7(8)10(11)14/h2-6H2,1H3,(H2,11,14)(H,12,13). The predicted molar refractivity (Wildman–Crippen MR) is 53.1 cm³/mol. The van der Waals surface area contributed by atoms with E-state index >= 15 is 0 Å². The Labute approximate surface area is 83.5 Å². The molecule has 0 atom stereocenters. The minimum absolute atomic E-state index is 0.0550. The van der Waals surface area contributed by atoms with Crippen molar-refractivity contribution in [3.05, 3.63) is 11.3 Å².